The predicted molar refractivity (Wildman–Crippen MR) is 165 cm³/mol. The van der Waals surface area contributed by atoms with Crippen molar-refractivity contribution < 1.29 is 41.4 Å². The molecule has 2 aromatic heterocycles. The van der Waals surface area contributed by atoms with Crippen LogP contribution in [0.15, 0.2) is 30.5 Å². The Kier molecular flexibility index (Phi) is 8.97. The van der Waals surface area contributed by atoms with Gasteiger partial charge in [-0.3, -0.25) is 9.69 Å². The molecule has 4 aliphatic rings. The van der Waals surface area contributed by atoms with E-state index in [2.05, 4.69) is 38.0 Å². The monoisotopic (exact) mass is 680 g/mol. The van der Waals surface area contributed by atoms with Crippen LogP contribution in [0, 0.1) is 5.41 Å². The number of alkyl halides is 5. The summed E-state index contributed by atoms with van der Waals surface area (Å²) in [6.45, 7) is 2.48. The largest absolute Gasteiger partial charge is 0.490 e. The minimum atomic E-state index is -5.08. The zero-order valence-corrected chi connectivity index (χ0v) is 26.4. The fourth-order valence-corrected chi connectivity index (χ4v) is 6.80. The first kappa shape index (κ1) is 33.8. The predicted octanol–water partition coefficient (Wildman–Crippen LogP) is 3.44. The standard InChI is InChI=1S/C29H36F2N8O2.C2HF3O2/c1-32-21-12-25(36-39-23(13-34-26(21)39)27(40)35-20-6-7-24(20)41-2)38-10-8-19-18(4-3-5-22(19)38)14-37-11-9-28(15-33-16-28)29(30,31)17-37;3-2(4,5)1(6)7/h3-5,12-13,20,24,32-33H,6-11,14-17H2,1-2H3,(H,35,40);(H,6,7)/t20-,24-;/m1./s1. The van der Waals surface area contributed by atoms with Gasteiger partial charge in [-0.2, -0.15) is 13.2 Å². The van der Waals surface area contributed by atoms with Gasteiger partial charge >= 0.3 is 12.1 Å². The number of rotatable bonds is 7. The maximum Gasteiger partial charge on any atom is 0.490 e. The molecule has 0 bridgehead atoms. The number of aliphatic carboxylic acids is 1. The number of nitrogens with one attached hydrogen (secondary N) is 3. The van der Waals surface area contributed by atoms with Gasteiger partial charge in [0.2, 0.25) is 0 Å². The minimum absolute atomic E-state index is 0.0235. The molecule has 12 nitrogen and oxygen atoms in total. The molecule has 48 heavy (non-hydrogen) atoms. The van der Waals surface area contributed by atoms with Crippen molar-refractivity contribution in [3.05, 3.63) is 47.3 Å². The molecule has 1 aliphatic carbocycles. The van der Waals surface area contributed by atoms with Crippen LogP contribution >= 0.6 is 0 Å². The van der Waals surface area contributed by atoms with Crippen LogP contribution in [0.25, 0.3) is 5.65 Å². The average Bonchev–Trinajstić information content (AvgIpc) is 3.63. The highest BCUT2D eigenvalue weighted by molar-refractivity contribution is 5.94. The van der Waals surface area contributed by atoms with Gasteiger partial charge in [0.15, 0.2) is 17.2 Å². The molecule has 0 radical (unpaired) electrons. The van der Waals surface area contributed by atoms with E-state index in [0.717, 1.165) is 41.8 Å². The topological polar surface area (TPSA) is 136 Å². The molecule has 17 heteroatoms. The first-order chi connectivity index (χ1) is 22.8. The van der Waals surface area contributed by atoms with Gasteiger partial charge in [0, 0.05) is 52.1 Å². The van der Waals surface area contributed by atoms with Crippen molar-refractivity contribution in [2.45, 2.75) is 56.5 Å². The summed E-state index contributed by atoms with van der Waals surface area (Å²) >= 11 is 0. The van der Waals surface area contributed by atoms with Crippen LogP contribution < -0.4 is 20.9 Å². The number of benzene rings is 1. The number of carboxylic acids is 1. The van der Waals surface area contributed by atoms with Gasteiger partial charge < -0.3 is 30.7 Å². The number of hydrogen-bond acceptors (Lipinski definition) is 9. The van der Waals surface area contributed by atoms with Crippen molar-refractivity contribution in [1.82, 2.24) is 30.1 Å². The normalized spacial score (nSPS) is 22.7. The Morgan fingerprint density at radius 3 is 2.52 bits per heavy atom. The van der Waals surface area contributed by atoms with Crippen LogP contribution in [-0.4, -0.2) is 108 Å². The summed E-state index contributed by atoms with van der Waals surface area (Å²) in [5.74, 6) is -5.00. The van der Waals surface area contributed by atoms with Crippen LogP contribution in [0.3, 0.4) is 0 Å². The molecule has 1 spiro atoms. The lowest BCUT2D eigenvalue weighted by Gasteiger charge is -2.53. The number of amides is 1. The molecule has 1 aromatic carbocycles. The second kappa shape index (κ2) is 12.7. The smallest absolute Gasteiger partial charge is 0.475 e. The van der Waals surface area contributed by atoms with Crippen LogP contribution in [0.1, 0.15) is 40.9 Å². The van der Waals surface area contributed by atoms with Crippen molar-refractivity contribution in [3.63, 3.8) is 0 Å². The highest BCUT2D eigenvalue weighted by Crippen LogP contribution is 2.47. The number of nitrogens with zero attached hydrogens (tertiary/aromatic N) is 5. The third kappa shape index (κ3) is 6.14. The number of piperidine rings is 1. The van der Waals surface area contributed by atoms with Crippen molar-refractivity contribution in [3.8, 4) is 0 Å². The molecule has 1 saturated carbocycles. The molecule has 3 aliphatic heterocycles. The van der Waals surface area contributed by atoms with Gasteiger partial charge in [-0.1, -0.05) is 12.1 Å². The van der Waals surface area contributed by atoms with Crippen LogP contribution in [0.5, 0.6) is 0 Å². The van der Waals surface area contributed by atoms with Gasteiger partial charge in [0.25, 0.3) is 11.8 Å². The van der Waals surface area contributed by atoms with E-state index in [9.17, 15) is 18.0 Å². The van der Waals surface area contributed by atoms with Crippen molar-refractivity contribution in [2.75, 3.05) is 57.1 Å². The number of carbonyl (C=O) groups is 2. The number of anilines is 3. The molecular formula is C31H37F5N8O4. The number of aromatic nitrogens is 3. The van der Waals surface area contributed by atoms with Gasteiger partial charge in [-0.25, -0.2) is 23.1 Å². The van der Waals surface area contributed by atoms with E-state index in [4.69, 9.17) is 19.7 Å². The third-order valence-corrected chi connectivity index (χ3v) is 9.86. The fourth-order valence-electron chi connectivity index (χ4n) is 6.80. The van der Waals surface area contributed by atoms with E-state index in [1.807, 2.05) is 24.1 Å². The van der Waals surface area contributed by atoms with Crippen molar-refractivity contribution in [1.29, 1.82) is 0 Å². The number of likely N-dealkylation sites (tertiary alicyclic amines) is 1. The highest BCUT2D eigenvalue weighted by atomic mass is 19.4. The summed E-state index contributed by atoms with van der Waals surface area (Å²) in [4.78, 5) is 30.6. The maximum atomic E-state index is 15.1. The van der Waals surface area contributed by atoms with Gasteiger partial charge in [-0.05, 0) is 49.4 Å². The fraction of sp³-hybridized carbons (Fsp3) is 0.548. The summed E-state index contributed by atoms with van der Waals surface area (Å²) in [6, 6.07) is 8.02. The van der Waals surface area contributed by atoms with Crippen LogP contribution in [-0.2, 0) is 22.5 Å². The van der Waals surface area contributed by atoms with Gasteiger partial charge in [-0.15, -0.1) is 5.10 Å². The molecule has 1 amide bonds. The Bertz CT molecular complexity index is 1690. The summed E-state index contributed by atoms with van der Waals surface area (Å²) in [7, 11) is 3.48. The van der Waals surface area contributed by atoms with E-state index in [1.165, 1.54) is 0 Å². The maximum absolute atomic E-state index is 15.1. The summed E-state index contributed by atoms with van der Waals surface area (Å²) in [6.07, 6.45) is -0.403. The van der Waals surface area contributed by atoms with Gasteiger partial charge in [0.05, 0.1) is 36.0 Å². The Morgan fingerprint density at radius 2 is 1.94 bits per heavy atom. The number of hydrogen-bond donors (Lipinski definition) is 4. The second-order valence-electron chi connectivity index (χ2n) is 12.6. The Labute approximate surface area is 272 Å². The molecule has 4 N–H and O–H groups in total. The second-order valence-corrected chi connectivity index (χ2v) is 12.6. The first-order valence-electron chi connectivity index (χ1n) is 15.7. The average molecular weight is 681 g/mol. The number of methoxy groups -OCH3 is 1. The zero-order valence-electron chi connectivity index (χ0n) is 26.4. The molecule has 5 heterocycles. The Balaban J connectivity index is 0.000000519. The number of ether oxygens (including phenoxy) is 1. The SMILES string of the molecule is CNc1cc(N2CCc3c(CN4CCC5(CNC5)C(F)(F)C4)cccc32)nn2c(C(=O)N[C@@H]3CC[C@H]3OC)cnc12.O=C(O)C(F)(F)F. The van der Waals surface area contributed by atoms with Crippen molar-refractivity contribution in [2.24, 2.45) is 5.41 Å². The molecule has 2 atom stereocenters. The van der Waals surface area contributed by atoms with Crippen molar-refractivity contribution >= 4 is 34.7 Å². The van der Waals surface area contributed by atoms with Gasteiger partial charge in [0.1, 0.15) is 0 Å². The van der Waals surface area contributed by atoms with Crippen LogP contribution in [0.2, 0.25) is 0 Å². The van der Waals surface area contributed by atoms with E-state index >= 15 is 8.78 Å². The minimum Gasteiger partial charge on any atom is -0.475 e. The molecule has 7 rings (SSSR count). The van der Waals surface area contributed by atoms with E-state index in [-0.39, 0.29) is 24.6 Å². The first-order valence-corrected chi connectivity index (χ1v) is 15.7. The number of fused-ring (bicyclic) bond motifs is 2. The molecule has 260 valence electrons. The lowest BCUT2D eigenvalue weighted by Crippen LogP contribution is -2.68. The molecule has 3 aromatic rings. The zero-order chi connectivity index (χ0) is 34.4. The third-order valence-electron chi connectivity index (χ3n) is 9.86. The van der Waals surface area contributed by atoms with E-state index in [1.54, 1.807) is 17.8 Å². The number of carbonyl (C=O) groups excluding carboxylic acids is 1. The Hall–Kier alpha value is -4.09. The molecular weight excluding hydrogens is 643 g/mol. The van der Waals surface area contributed by atoms with E-state index < -0.39 is 23.5 Å². The molecule has 0 unspecified atom stereocenters. The number of carboxylic acid groups (broad SMARTS) is 1. The quantitative estimate of drug-likeness (QED) is 0.275. The summed E-state index contributed by atoms with van der Waals surface area (Å²) in [5, 5.41) is 21.3. The molecule has 3 fully saturated rings. The molecule has 2 saturated heterocycles. The Morgan fingerprint density at radius 1 is 1.19 bits per heavy atom. The summed E-state index contributed by atoms with van der Waals surface area (Å²) < 4.78 is 68.9. The lowest BCUT2D eigenvalue weighted by atomic mass is 9.70. The number of imidazole rings is 1. The highest BCUT2D eigenvalue weighted by Gasteiger charge is 2.59. The summed E-state index contributed by atoms with van der Waals surface area (Å²) in [5.41, 5.74) is 4.06. The van der Waals surface area contributed by atoms with Crippen LogP contribution in [0.4, 0.5) is 39.1 Å². The lowest BCUT2D eigenvalue weighted by molar-refractivity contribution is -0.192. The van der Waals surface area contributed by atoms with E-state index in [0.29, 0.717) is 56.3 Å². The number of halogens is 5.